The standard InChI is InChI=1S/C25H26F3N3O5/c1-16(21(15-34-17(2)32)29-24(33)35-14-18-7-4-3-5-8-18)11-22-30-23(36-31-22)13-19-9-6-10-20(12-19)25(26,27)28/h3-10,12,16,21H,11,13-15H2,1-2H3,(H,29,33). The predicted molar refractivity (Wildman–Crippen MR) is 122 cm³/mol. The molecule has 0 aliphatic rings. The molecular weight excluding hydrogens is 479 g/mol. The number of alkyl carbamates (subject to hydrolysis) is 1. The van der Waals surface area contributed by atoms with Crippen LogP contribution < -0.4 is 5.32 Å². The van der Waals surface area contributed by atoms with Gasteiger partial charge < -0.3 is 19.3 Å². The van der Waals surface area contributed by atoms with E-state index >= 15 is 0 Å². The minimum Gasteiger partial charge on any atom is -0.464 e. The summed E-state index contributed by atoms with van der Waals surface area (Å²) in [6.07, 6.45) is -4.85. The van der Waals surface area contributed by atoms with E-state index in [4.69, 9.17) is 14.0 Å². The molecular formula is C25H26F3N3O5. The van der Waals surface area contributed by atoms with Crippen LogP contribution in [0.3, 0.4) is 0 Å². The van der Waals surface area contributed by atoms with Gasteiger partial charge in [0.25, 0.3) is 0 Å². The summed E-state index contributed by atoms with van der Waals surface area (Å²) in [6, 6.07) is 13.4. The number of ether oxygens (including phenoxy) is 2. The van der Waals surface area contributed by atoms with Gasteiger partial charge >= 0.3 is 18.2 Å². The minimum absolute atomic E-state index is 0.0340. The van der Waals surface area contributed by atoms with Crippen molar-refractivity contribution in [2.45, 2.75) is 45.5 Å². The molecule has 1 N–H and O–H groups in total. The van der Waals surface area contributed by atoms with Crippen molar-refractivity contribution in [3.63, 3.8) is 0 Å². The zero-order valence-electron chi connectivity index (χ0n) is 19.7. The molecule has 0 aliphatic carbocycles. The summed E-state index contributed by atoms with van der Waals surface area (Å²) in [4.78, 5) is 27.9. The van der Waals surface area contributed by atoms with Crippen LogP contribution in [-0.4, -0.2) is 34.9 Å². The second-order valence-corrected chi connectivity index (χ2v) is 8.28. The predicted octanol–water partition coefficient (Wildman–Crippen LogP) is 4.72. The summed E-state index contributed by atoms with van der Waals surface area (Å²) in [6.45, 7) is 3.04. The molecule has 36 heavy (non-hydrogen) atoms. The van der Waals surface area contributed by atoms with Gasteiger partial charge in [0.2, 0.25) is 5.89 Å². The first kappa shape index (κ1) is 26.7. The monoisotopic (exact) mass is 505 g/mol. The summed E-state index contributed by atoms with van der Waals surface area (Å²) in [5.41, 5.74) is 0.438. The number of alkyl halides is 3. The lowest BCUT2D eigenvalue weighted by Crippen LogP contribution is -2.44. The number of esters is 1. The summed E-state index contributed by atoms with van der Waals surface area (Å²) in [7, 11) is 0. The second kappa shape index (κ2) is 12.2. The average molecular weight is 505 g/mol. The van der Waals surface area contributed by atoms with Gasteiger partial charge in [-0.05, 0) is 23.1 Å². The van der Waals surface area contributed by atoms with Crippen molar-refractivity contribution < 1.29 is 36.8 Å². The van der Waals surface area contributed by atoms with Crippen LogP contribution in [0, 0.1) is 5.92 Å². The number of halogens is 3. The molecule has 0 bridgehead atoms. The van der Waals surface area contributed by atoms with Gasteiger partial charge in [-0.3, -0.25) is 4.79 Å². The number of hydrogen-bond acceptors (Lipinski definition) is 7. The molecule has 2 atom stereocenters. The lowest BCUT2D eigenvalue weighted by molar-refractivity contribution is -0.142. The number of amides is 1. The van der Waals surface area contributed by atoms with E-state index in [2.05, 4.69) is 15.5 Å². The Balaban J connectivity index is 1.60. The highest BCUT2D eigenvalue weighted by atomic mass is 19.4. The third-order valence-electron chi connectivity index (χ3n) is 5.29. The van der Waals surface area contributed by atoms with Crippen molar-refractivity contribution in [2.75, 3.05) is 6.61 Å². The van der Waals surface area contributed by atoms with Crippen molar-refractivity contribution in [3.05, 3.63) is 83.0 Å². The third-order valence-corrected chi connectivity index (χ3v) is 5.29. The van der Waals surface area contributed by atoms with Crippen LogP contribution in [-0.2, 0) is 39.9 Å². The van der Waals surface area contributed by atoms with Crippen LogP contribution in [0.4, 0.5) is 18.0 Å². The SMILES string of the molecule is CC(=O)OCC(NC(=O)OCc1ccccc1)C(C)Cc1noc(Cc2cccc(C(F)(F)F)c2)n1. The van der Waals surface area contributed by atoms with Gasteiger partial charge in [0.1, 0.15) is 13.2 Å². The highest BCUT2D eigenvalue weighted by molar-refractivity contribution is 5.68. The third kappa shape index (κ3) is 8.40. The van der Waals surface area contributed by atoms with E-state index in [1.165, 1.54) is 13.0 Å². The Morgan fingerprint density at radius 2 is 1.78 bits per heavy atom. The van der Waals surface area contributed by atoms with Crippen LogP contribution >= 0.6 is 0 Å². The molecule has 0 spiro atoms. The number of benzene rings is 2. The molecule has 0 fully saturated rings. The number of nitrogens with one attached hydrogen (secondary N) is 1. The maximum absolute atomic E-state index is 12.9. The highest BCUT2D eigenvalue weighted by Gasteiger charge is 2.30. The van der Waals surface area contributed by atoms with E-state index in [1.807, 2.05) is 30.3 Å². The quantitative estimate of drug-likeness (QED) is 0.398. The molecule has 1 heterocycles. The van der Waals surface area contributed by atoms with Crippen LogP contribution in [0.15, 0.2) is 59.1 Å². The number of hydrogen-bond donors (Lipinski definition) is 1. The van der Waals surface area contributed by atoms with E-state index < -0.39 is 29.8 Å². The molecule has 1 aromatic heterocycles. The van der Waals surface area contributed by atoms with Gasteiger partial charge in [0.05, 0.1) is 18.0 Å². The molecule has 3 aromatic rings. The van der Waals surface area contributed by atoms with Gasteiger partial charge in [-0.1, -0.05) is 60.6 Å². The summed E-state index contributed by atoms with van der Waals surface area (Å²) >= 11 is 0. The van der Waals surface area contributed by atoms with Crippen LogP contribution in [0.25, 0.3) is 0 Å². The molecule has 2 aromatic carbocycles. The Labute approximate surface area is 205 Å². The smallest absolute Gasteiger partial charge is 0.416 e. The number of rotatable bonds is 10. The first-order chi connectivity index (χ1) is 17.1. The number of carbonyl (C=O) groups is 2. The van der Waals surface area contributed by atoms with Crippen LogP contribution in [0.5, 0.6) is 0 Å². The molecule has 192 valence electrons. The average Bonchev–Trinajstić information content (AvgIpc) is 3.27. The molecule has 0 radical (unpaired) electrons. The Bertz CT molecular complexity index is 1150. The second-order valence-electron chi connectivity index (χ2n) is 8.28. The zero-order valence-corrected chi connectivity index (χ0v) is 19.7. The van der Waals surface area contributed by atoms with Gasteiger partial charge in [-0.25, -0.2) is 4.79 Å². The van der Waals surface area contributed by atoms with E-state index in [-0.39, 0.29) is 37.9 Å². The molecule has 3 rings (SSSR count). The Morgan fingerprint density at radius 3 is 2.47 bits per heavy atom. The highest BCUT2D eigenvalue weighted by Crippen LogP contribution is 2.30. The largest absolute Gasteiger partial charge is 0.464 e. The molecule has 2 unspecified atom stereocenters. The molecule has 8 nitrogen and oxygen atoms in total. The van der Waals surface area contributed by atoms with Crippen molar-refractivity contribution in [1.82, 2.24) is 15.5 Å². The van der Waals surface area contributed by atoms with Crippen molar-refractivity contribution in [3.8, 4) is 0 Å². The van der Waals surface area contributed by atoms with Crippen LogP contribution in [0.2, 0.25) is 0 Å². The van der Waals surface area contributed by atoms with E-state index in [0.717, 1.165) is 17.7 Å². The van der Waals surface area contributed by atoms with Gasteiger partial charge in [0, 0.05) is 13.3 Å². The molecule has 1 amide bonds. The maximum Gasteiger partial charge on any atom is 0.416 e. The molecule has 0 saturated heterocycles. The van der Waals surface area contributed by atoms with Crippen molar-refractivity contribution >= 4 is 12.1 Å². The van der Waals surface area contributed by atoms with Crippen molar-refractivity contribution in [1.29, 1.82) is 0 Å². The molecule has 0 saturated carbocycles. The van der Waals surface area contributed by atoms with E-state index in [9.17, 15) is 22.8 Å². The molecule has 0 aliphatic heterocycles. The summed E-state index contributed by atoms with van der Waals surface area (Å²) in [5.74, 6) is -0.345. The van der Waals surface area contributed by atoms with E-state index in [1.54, 1.807) is 13.0 Å². The number of carbonyl (C=O) groups excluding carboxylic acids is 2. The zero-order chi connectivity index (χ0) is 26.1. The van der Waals surface area contributed by atoms with Gasteiger partial charge in [0.15, 0.2) is 5.82 Å². The summed E-state index contributed by atoms with van der Waals surface area (Å²) in [5, 5.41) is 6.59. The lowest BCUT2D eigenvalue weighted by Gasteiger charge is -2.23. The first-order valence-electron chi connectivity index (χ1n) is 11.2. The maximum atomic E-state index is 12.9. The first-order valence-corrected chi connectivity index (χ1v) is 11.2. The Kier molecular flexibility index (Phi) is 9.04. The van der Waals surface area contributed by atoms with Crippen LogP contribution in [0.1, 0.15) is 42.3 Å². The Morgan fingerprint density at radius 1 is 1.06 bits per heavy atom. The number of aromatic nitrogens is 2. The fourth-order valence-electron chi connectivity index (χ4n) is 3.38. The fourth-order valence-corrected chi connectivity index (χ4v) is 3.38. The minimum atomic E-state index is -4.45. The normalized spacial score (nSPS) is 13.0. The topological polar surface area (TPSA) is 104 Å². The Hall–Kier alpha value is -3.89. The fraction of sp³-hybridized carbons (Fsp3) is 0.360. The number of nitrogens with zero attached hydrogens (tertiary/aromatic N) is 2. The van der Waals surface area contributed by atoms with E-state index in [0.29, 0.717) is 11.4 Å². The molecule has 11 heteroatoms. The van der Waals surface area contributed by atoms with Gasteiger partial charge in [-0.2, -0.15) is 18.2 Å². The lowest BCUT2D eigenvalue weighted by atomic mass is 9.98. The van der Waals surface area contributed by atoms with Gasteiger partial charge in [-0.15, -0.1) is 0 Å². The van der Waals surface area contributed by atoms with Crippen molar-refractivity contribution in [2.24, 2.45) is 5.92 Å². The summed E-state index contributed by atoms with van der Waals surface area (Å²) < 4.78 is 54.4.